The van der Waals surface area contributed by atoms with Crippen LogP contribution in [-0.4, -0.2) is 16.6 Å². The molecule has 10 heavy (non-hydrogen) atoms. The number of nitrogens with zero attached hydrogens (tertiary/aromatic N) is 1. The van der Waals surface area contributed by atoms with Gasteiger partial charge in [0.2, 0.25) is 6.41 Å². The largest absolute Gasteiger partial charge is 0.352 e. The number of nitrogens with one attached hydrogen (secondary N) is 2. The number of carbonyl (C=O) groups is 1. The molecule has 4 nitrogen and oxygen atoms in total. The summed E-state index contributed by atoms with van der Waals surface area (Å²) in [6.45, 7) is 1.89. The van der Waals surface area contributed by atoms with E-state index >= 15 is 0 Å². The summed E-state index contributed by atoms with van der Waals surface area (Å²) in [5.74, 6) is 0. The Hall–Kier alpha value is -1.32. The van der Waals surface area contributed by atoms with Crippen LogP contribution in [0.4, 0.5) is 0 Å². The van der Waals surface area contributed by atoms with E-state index in [2.05, 4.69) is 15.5 Å². The summed E-state index contributed by atoms with van der Waals surface area (Å²) in [5, 5.41) is 9.02. The van der Waals surface area contributed by atoms with Crippen LogP contribution in [0.2, 0.25) is 0 Å². The molecule has 1 rings (SSSR count). The number of aromatic nitrogens is 2. The Bertz CT molecular complexity index is 195. The summed E-state index contributed by atoms with van der Waals surface area (Å²) in [6.07, 6.45) is 4.11. The molecule has 2 N–H and O–H groups in total. The Morgan fingerprint density at radius 1 is 1.90 bits per heavy atom. The van der Waals surface area contributed by atoms with Crippen molar-refractivity contribution in [1.29, 1.82) is 0 Å². The van der Waals surface area contributed by atoms with Crippen LogP contribution in [0.5, 0.6) is 0 Å². The van der Waals surface area contributed by atoms with Crippen molar-refractivity contribution in [2.45, 2.75) is 13.0 Å². The van der Waals surface area contributed by atoms with Crippen molar-refractivity contribution in [2.75, 3.05) is 0 Å². The monoisotopic (exact) mass is 139 g/mol. The summed E-state index contributed by atoms with van der Waals surface area (Å²) in [7, 11) is 0. The van der Waals surface area contributed by atoms with E-state index < -0.39 is 0 Å². The van der Waals surface area contributed by atoms with Gasteiger partial charge in [-0.25, -0.2) is 0 Å². The fourth-order valence-electron chi connectivity index (χ4n) is 0.696. The van der Waals surface area contributed by atoms with E-state index in [1.54, 1.807) is 12.4 Å². The molecule has 0 fully saturated rings. The lowest BCUT2D eigenvalue weighted by molar-refractivity contribution is -0.110. The number of amides is 1. The van der Waals surface area contributed by atoms with Crippen LogP contribution >= 0.6 is 0 Å². The molecule has 0 radical (unpaired) electrons. The lowest BCUT2D eigenvalue weighted by atomic mass is 10.2. The second-order valence-electron chi connectivity index (χ2n) is 2.04. The minimum atomic E-state index is 0.0382. The molecule has 1 heterocycles. The SMILES string of the molecule is CC(NC=O)c1cn[nH]c1. The van der Waals surface area contributed by atoms with Gasteiger partial charge in [0, 0.05) is 11.8 Å². The number of aromatic amines is 1. The van der Waals surface area contributed by atoms with E-state index in [0.29, 0.717) is 6.41 Å². The predicted octanol–water partition coefficient (Wildman–Crippen LogP) is 0.217. The van der Waals surface area contributed by atoms with Gasteiger partial charge in [0.1, 0.15) is 0 Å². The fraction of sp³-hybridized carbons (Fsp3) is 0.333. The van der Waals surface area contributed by atoms with Gasteiger partial charge in [0.25, 0.3) is 0 Å². The maximum Gasteiger partial charge on any atom is 0.207 e. The van der Waals surface area contributed by atoms with Gasteiger partial charge in [-0.15, -0.1) is 0 Å². The molecule has 4 heteroatoms. The highest BCUT2D eigenvalue weighted by atomic mass is 16.1. The van der Waals surface area contributed by atoms with Crippen LogP contribution < -0.4 is 5.32 Å². The molecule has 1 unspecified atom stereocenters. The third-order valence-electron chi connectivity index (χ3n) is 1.34. The zero-order valence-corrected chi connectivity index (χ0v) is 5.66. The molecule has 0 aliphatic heterocycles. The Balaban J connectivity index is 2.58. The minimum absolute atomic E-state index is 0.0382. The first-order valence-corrected chi connectivity index (χ1v) is 3.03. The molecule has 0 aliphatic carbocycles. The predicted molar refractivity (Wildman–Crippen MR) is 36.2 cm³/mol. The highest BCUT2D eigenvalue weighted by Gasteiger charge is 2.02. The Morgan fingerprint density at radius 2 is 2.70 bits per heavy atom. The first-order valence-electron chi connectivity index (χ1n) is 3.03. The first-order chi connectivity index (χ1) is 4.84. The van der Waals surface area contributed by atoms with E-state index in [1.807, 2.05) is 6.92 Å². The van der Waals surface area contributed by atoms with Crippen molar-refractivity contribution in [3.05, 3.63) is 18.0 Å². The standard InChI is InChI=1S/C6H9N3O/c1-5(7-4-10)6-2-8-9-3-6/h2-5H,1H3,(H,7,10)(H,8,9). The summed E-state index contributed by atoms with van der Waals surface area (Å²) >= 11 is 0. The molecule has 1 amide bonds. The van der Waals surface area contributed by atoms with Crippen LogP contribution in [0.25, 0.3) is 0 Å². The maximum absolute atomic E-state index is 9.97. The molecule has 0 aliphatic rings. The average molecular weight is 139 g/mol. The van der Waals surface area contributed by atoms with Crippen molar-refractivity contribution in [3.8, 4) is 0 Å². The highest BCUT2D eigenvalue weighted by molar-refractivity contribution is 5.47. The second-order valence-corrected chi connectivity index (χ2v) is 2.04. The van der Waals surface area contributed by atoms with Gasteiger partial charge < -0.3 is 5.32 Å². The molecule has 0 saturated heterocycles. The summed E-state index contributed by atoms with van der Waals surface area (Å²) in [6, 6.07) is 0.0382. The fourth-order valence-corrected chi connectivity index (χ4v) is 0.696. The van der Waals surface area contributed by atoms with Crippen molar-refractivity contribution in [1.82, 2.24) is 15.5 Å². The smallest absolute Gasteiger partial charge is 0.207 e. The van der Waals surface area contributed by atoms with Crippen LogP contribution in [0.3, 0.4) is 0 Å². The molecule has 0 spiro atoms. The highest BCUT2D eigenvalue weighted by Crippen LogP contribution is 2.06. The third kappa shape index (κ3) is 1.34. The van der Waals surface area contributed by atoms with Crippen molar-refractivity contribution < 1.29 is 4.79 Å². The lowest BCUT2D eigenvalue weighted by Crippen LogP contribution is -2.15. The summed E-state index contributed by atoms with van der Waals surface area (Å²) < 4.78 is 0. The van der Waals surface area contributed by atoms with Crippen molar-refractivity contribution >= 4 is 6.41 Å². The van der Waals surface area contributed by atoms with E-state index in [1.165, 1.54) is 0 Å². The quantitative estimate of drug-likeness (QED) is 0.588. The molecule has 0 saturated carbocycles. The van der Waals surface area contributed by atoms with Crippen LogP contribution in [0.1, 0.15) is 18.5 Å². The van der Waals surface area contributed by atoms with Gasteiger partial charge in [-0.05, 0) is 6.92 Å². The molecule has 1 aromatic rings. The zero-order valence-electron chi connectivity index (χ0n) is 5.66. The maximum atomic E-state index is 9.97. The number of rotatable bonds is 3. The summed E-state index contributed by atoms with van der Waals surface area (Å²) in [5.41, 5.74) is 0.979. The van der Waals surface area contributed by atoms with Gasteiger partial charge >= 0.3 is 0 Å². The molecular weight excluding hydrogens is 130 g/mol. The van der Waals surface area contributed by atoms with Crippen LogP contribution in [0, 0.1) is 0 Å². The summed E-state index contributed by atoms with van der Waals surface area (Å²) in [4.78, 5) is 9.97. The molecule has 0 aromatic carbocycles. The van der Waals surface area contributed by atoms with Crippen molar-refractivity contribution in [2.24, 2.45) is 0 Å². The van der Waals surface area contributed by atoms with E-state index in [-0.39, 0.29) is 6.04 Å². The number of carbonyl (C=O) groups excluding carboxylic acids is 1. The molecule has 54 valence electrons. The van der Waals surface area contributed by atoms with Crippen LogP contribution in [0.15, 0.2) is 12.4 Å². The molecule has 1 atom stereocenters. The van der Waals surface area contributed by atoms with Gasteiger partial charge in [0.15, 0.2) is 0 Å². The Morgan fingerprint density at radius 3 is 3.20 bits per heavy atom. The third-order valence-corrected chi connectivity index (χ3v) is 1.34. The molecule has 1 aromatic heterocycles. The average Bonchev–Trinajstić information content (AvgIpc) is 2.38. The zero-order chi connectivity index (χ0) is 7.40. The normalized spacial score (nSPS) is 12.5. The van der Waals surface area contributed by atoms with Gasteiger partial charge in [-0.3, -0.25) is 9.89 Å². The lowest BCUT2D eigenvalue weighted by Gasteiger charge is -2.04. The second kappa shape index (κ2) is 3.00. The van der Waals surface area contributed by atoms with Crippen molar-refractivity contribution in [3.63, 3.8) is 0 Å². The first kappa shape index (κ1) is 6.80. The number of hydrogen-bond acceptors (Lipinski definition) is 2. The van der Waals surface area contributed by atoms with E-state index in [4.69, 9.17) is 0 Å². The molecular formula is C6H9N3O. The van der Waals surface area contributed by atoms with E-state index in [9.17, 15) is 4.79 Å². The van der Waals surface area contributed by atoms with Crippen LogP contribution in [-0.2, 0) is 4.79 Å². The van der Waals surface area contributed by atoms with Gasteiger partial charge in [0.05, 0.1) is 12.2 Å². The Labute approximate surface area is 58.6 Å². The number of hydrogen-bond donors (Lipinski definition) is 2. The Kier molecular flexibility index (Phi) is 2.04. The van der Waals surface area contributed by atoms with Gasteiger partial charge in [-0.1, -0.05) is 0 Å². The van der Waals surface area contributed by atoms with Gasteiger partial charge in [-0.2, -0.15) is 5.10 Å². The molecule has 0 bridgehead atoms. The minimum Gasteiger partial charge on any atom is -0.352 e. The topological polar surface area (TPSA) is 57.8 Å². The number of H-pyrrole nitrogens is 1. The van der Waals surface area contributed by atoms with E-state index in [0.717, 1.165) is 5.56 Å².